The number of sulfonamides is 1. The van der Waals surface area contributed by atoms with Crippen molar-refractivity contribution in [3.05, 3.63) is 74.4 Å². The van der Waals surface area contributed by atoms with E-state index in [1.165, 1.54) is 34.8 Å². The second-order valence-corrected chi connectivity index (χ2v) is 8.48. The molecule has 23 heavy (non-hydrogen) atoms. The lowest BCUT2D eigenvalue weighted by Crippen LogP contribution is -2.29. The van der Waals surface area contributed by atoms with E-state index >= 15 is 0 Å². The van der Waals surface area contributed by atoms with Crippen LogP contribution in [0.2, 0.25) is 0 Å². The summed E-state index contributed by atoms with van der Waals surface area (Å²) in [5.74, 6) is -0.450. The molecule has 120 valence electrons. The quantitative estimate of drug-likeness (QED) is 0.730. The van der Waals surface area contributed by atoms with Gasteiger partial charge in [0.15, 0.2) is 0 Å². The highest BCUT2D eigenvalue weighted by molar-refractivity contribution is 7.89. The van der Waals surface area contributed by atoms with E-state index in [1.54, 1.807) is 6.92 Å². The summed E-state index contributed by atoms with van der Waals surface area (Å²) in [7, 11) is -3.76. The van der Waals surface area contributed by atoms with Crippen LogP contribution in [0, 0.1) is 12.7 Å². The first-order chi connectivity index (χ1) is 11.0. The zero-order valence-corrected chi connectivity index (χ0v) is 14.6. The summed E-state index contributed by atoms with van der Waals surface area (Å²) in [6, 6.07) is 8.91. The van der Waals surface area contributed by atoms with E-state index in [4.69, 9.17) is 0 Å². The summed E-state index contributed by atoms with van der Waals surface area (Å²) in [4.78, 5) is 1.00. The molecular weight excluding hydrogens is 353 g/mol. The van der Waals surface area contributed by atoms with Crippen molar-refractivity contribution in [3.8, 4) is 0 Å². The zero-order valence-electron chi connectivity index (χ0n) is 12.2. The maximum atomic E-state index is 13.2. The van der Waals surface area contributed by atoms with Gasteiger partial charge in [0.25, 0.3) is 0 Å². The Hall–Kier alpha value is -1.54. The minimum atomic E-state index is -3.76. The maximum Gasteiger partial charge on any atom is 0.241 e. The molecule has 3 rings (SSSR count). The van der Waals surface area contributed by atoms with Crippen molar-refractivity contribution < 1.29 is 12.8 Å². The zero-order chi connectivity index (χ0) is 16.4. The molecule has 0 fully saturated rings. The smallest absolute Gasteiger partial charge is 0.207 e. The van der Waals surface area contributed by atoms with Gasteiger partial charge in [0.05, 0.1) is 10.9 Å². The van der Waals surface area contributed by atoms with Gasteiger partial charge in [-0.2, -0.15) is 16.1 Å². The largest absolute Gasteiger partial charge is 0.241 e. The molecule has 1 aromatic carbocycles. The van der Waals surface area contributed by atoms with E-state index in [2.05, 4.69) is 4.72 Å². The van der Waals surface area contributed by atoms with Gasteiger partial charge in [-0.3, -0.25) is 0 Å². The molecule has 0 bridgehead atoms. The topological polar surface area (TPSA) is 46.2 Å². The molecule has 0 saturated heterocycles. The standard InChI is InChI=1S/C16H14FNO2S3/c1-11-9-13(17)4-5-15(11)23(19,20)18-16(12-6-8-21-10-12)14-3-2-7-22-14/h2-10,16,18H,1H3/t16-/m1/s1. The van der Waals surface area contributed by atoms with Crippen LogP contribution < -0.4 is 4.72 Å². The van der Waals surface area contributed by atoms with Crippen molar-refractivity contribution in [2.75, 3.05) is 0 Å². The van der Waals surface area contributed by atoms with E-state index < -0.39 is 21.9 Å². The highest BCUT2D eigenvalue weighted by Gasteiger charge is 2.25. The van der Waals surface area contributed by atoms with E-state index in [9.17, 15) is 12.8 Å². The number of hydrogen-bond acceptors (Lipinski definition) is 4. The van der Waals surface area contributed by atoms with Gasteiger partial charge in [0.1, 0.15) is 5.82 Å². The SMILES string of the molecule is Cc1cc(F)ccc1S(=O)(=O)N[C@H](c1ccsc1)c1cccs1. The summed E-state index contributed by atoms with van der Waals surface area (Å²) < 4.78 is 41.5. The van der Waals surface area contributed by atoms with Crippen molar-refractivity contribution in [2.45, 2.75) is 17.9 Å². The van der Waals surface area contributed by atoms with Crippen molar-refractivity contribution >= 4 is 32.7 Å². The summed E-state index contributed by atoms with van der Waals surface area (Å²) >= 11 is 3.00. The molecule has 3 aromatic rings. The van der Waals surface area contributed by atoms with Crippen molar-refractivity contribution in [1.82, 2.24) is 4.72 Å². The first kappa shape index (κ1) is 16.3. The maximum absolute atomic E-state index is 13.2. The number of aryl methyl sites for hydroxylation is 1. The predicted octanol–water partition coefficient (Wildman–Crippen LogP) is 4.33. The lowest BCUT2D eigenvalue weighted by Gasteiger charge is -2.17. The number of benzene rings is 1. The Morgan fingerprint density at radius 2 is 2.00 bits per heavy atom. The van der Waals surface area contributed by atoms with E-state index in [-0.39, 0.29) is 4.90 Å². The van der Waals surface area contributed by atoms with Crippen molar-refractivity contribution in [1.29, 1.82) is 0 Å². The molecule has 7 heteroatoms. The molecule has 0 unspecified atom stereocenters. The number of rotatable bonds is 5. The van der Waals surface area contributed by atoms with E-state index in [0.717, 1.165) is 16.5 Å². The lowest BCUT2D eigenvalue weighted by molar-refractivity contribution is 0.572. The molecule has 0 aliphatic rings. The summed E-state index contributed by atoms with van der Waals surface area (Å²) in [5.41, 5.74) is 1.27. The Bertz CT molecular complexity index is 853. The molecule has 3 nitrogen and oxygen atoms in total. The molecule has 1 N–H and O–H groups in total. The van der Waals surface area contributed by atoms with Crippen molar-refractivity contribution in [3.63, 3.8) is 0 Å². The van der Waals surface area contributed by atoms with Crippen LogP contribution in [0.4, 0.5) is 4.39 Å². The third-order valence-corrected chi connectivity index (χ3v) is 6.63. The second-order valence-electron chi connectivity index (χ2n) is 5.04. The van der Waals surface area contributed by atoms with Gasteiger partial charge < -0.3 is 0 Å². The van der Waals surface area contributed by atoms with Gasteiger partial charge in [-0.25, -0.2) is 12.8 Å². The van der Waals surface area contributed by atoms with Gasteiger partial charge in [0.2, 0.25) is 10.0 Å². The van der Waals surface area contributed by atoms with Crippen LogP contribution in [0.1, 0.15) is 22.0 Å². The molecule has 0 saturated carbocycles. The fourth-order valence-electron chi connectivity index (χ4n) is 2.32. The number of nitrogens with one attached hydrogen (secondary N) is 1. The minimum absolute atomic E-state index is 0.0932. The number of halogens is 1. The molecule has 1 atom stereocenters. The molecule has 2 aromatic heterocycles. The molecule has 2 heterocycles. The predicted molar refractivity (Wildman–Crippen MR) is 91.9 cm³/mol. The summed E-state index contributed by atoms with van der Waals surface area (Å²) in [6.45, 7) is 1.59. The average molecular weight is 367 g/mol. The Balaban J connectivity index is 1.99. The van der Waals surface area contributed by atoms with Crippen LogP contribution in [-0.4, -0.2) is 8.42 Å². The molecule has 0 aliphatic heterocycles. The lowest BCUT2D eigenvalue weighted by atomic mass is 10.1. The van der Waals surface area contributed by atoms with Crippen LogP contribution in [-0.2, 0) is 10.0 Å². The Morgan fingerprint density at radius 1 is 1.17 bits per heavy atom. The molecule has 0 radical (unpaired) electrons. The van der Waals surface area contributed by atoms with Crippen LogP contribution >= 0.6 is 22.7 Å². The molecule has 0 aliphatic carbocycles. The highest BCUT2D eigenvalue weighted by atomic mass is 32.2. The summed E-state index contributed by atoms with van der Waals surface area (Å²) in [6.07, 6.45) is 0. The van der Waals surface area contributed by atoms with Gasteiger partial charge in [-0.05, 0) is 64.5 Å². The highest BCUT2D eigenvalue weighted by Crippen LogP contribution is 2.29. The van der Waals surface area contributed by atoms with Gasteiger partial charge in [-0.1, -0.05) is 6.07 Å². The van der Waals surface area contributed by atoms with Crippen molar-refractivity contribution in [2.24, 2.45) is 0 Å². The van der Waals surface area contributed by atoms with Crippen LogP contribution in [0.15, 0.2) is 57.4 Å². The van der Waals surface area contributed by atoms with Gasteiger partial charge in [-0.15, -0.1) is 11.3 Å². The Labute approximate surface area is 142 Å². The molecular formula is C16H14FNO2S3. The fraction of sp³-hybridized carbons (Fsp3) is 0.125. The van der Waals surface area contributed by atoms with E-state index in [0.29, 0.717) is 5.56 Å². The van der Waals surface area contributed by atoms with Gasteiger partial charge in [0, 0.05) is 4.88 Å². The van der Waals surface area contributed by atoms with E-state index in [1.807, 2.05) is 34.3 Å². The Kier molecular flexibility index (Phi) is 4.63. The first-order valence-electron chi connectivity index (χ1n) is 6.81. The van der Waals surface area contributed by atoms with Gasteiger partial charge >= 0.3 is 0 Å². The third-order valence-electron chi connectivity index (χ3n) is 3.40. The molecule has 0 spiro atoms. The second kappa shape index (κ2) is 6.52. The Morgan fingerprint density at radius 3 is 2.61 bits per heavy atom. The van der Waals surface area contributed by atoms with Crippen LogP contribution in [0.3, 0.4) is 0 Å². The fourth-order valence-corrected chi connectivity index (χ4v) is 5.31. The number of hydrogen-bond donors (Lipinski definition) is 1. The minimum Gasteiger partial charge on any atom is -0.207 e. The summed E-state index contributed by atoms with van der Waals surface area (Å²) in [5, 5.41) is 5.74. The monoisotopic (exact) mass is 367 g/mol. The number of thiophene rings is 2. The van der Waals surface area contributed by atoms with Crippen LogP contribution in [0.25, 0.3) is 0 Å². The molecule has 0 amide bonds. The normalized spacial score (nSPS) is 13.1. The van der Waals surface area contributed by atoms with Crippen LogP contribution in [0.5, 0.6) is 0 Å². The first-order valence-corrected chi connectivity index (χ1v) is 10.1. The third kappa shape index (κ3) is 3.53. The average Bonchev–Trinajstić information content (AvgIpc) is 3.18.